The van der Waals surface area contributed by atoms with Gasteiger partial charge in [0.15, 0.2) is 6.61 Å². The van der Waals surface area contributed by atoms with Gasteiger partial charge in [0, 0.05) is 25.7 Å². The number of carbonyl (C=O) groups is 2. The Balaban J connectivity index is 1.71. The van der Waals surface area contributed by atoms with Crippen molar-refractivity contribution in [2.75, 3.05) is 26.7 Å². The average molecular weight is 443 g/mol. The molecule has 0 N–H and O–H groups in total. The van der Waals surface area contributed by atoms with E-state index in [2.05, 4.69) is 31.2 Å². The highest BCUT2D eigenvalue weighted by molar-refractivity contribution is 5.95. The van der Waals surface area contributed by atoms with Crippen molar-refractivity contribution in [3.8, 4) is 5.75 Å². The number of amides is 2. The van der Waals surface area contributed by atoms with Crippen molar-refractivity contribution in [2.24, 2.45) is 0 Å². The third-order valence-corrected chi connectivity index (χ3v) is 6.25. The third kappa shape index (κ3) is 4.92. The maximum Gasteiger partial charge on any atom is 0.260 e. The van der Waals surface area contributed by atoms with E-state index < -0.39 is 0 Å². The number of hydrogen-bond donors (Lipinski definition) is 0. The van der Waals surface area contributed by atoms with E-state index in [1.165, 1.54) is 5.56 Å². The summed E-state index contributed by atoms with van der Waals surface area (Å²) < 4.78 is 5.85. The fourth-order valence-corrected chi connectivity index (χ4v) is 4.28. The number of carbonyl (C=O) groups excluding carboxylic acids is 2. The monoisotopic (exact) mass is 442 g/mol. The van der Waals surface area contributed by atoms with Gasteiger partial charge in [-0.05, 0) is 61.2 Å². The highest BCUT2D eigenvalue weighted by Gasteiger charge is 2.33. The lowest BCUT2D eigenvalue weighted by Gasteiger charge is -2.38. The summed E-state index contributed by atoms with van der Waals surface area (Å²) in [5.41, 5.74) is 5.14. The van der Waals surface area contributed by atoms with Crippen LogP contribution in [0.2, 0.25) is 0 Å². The minimum Gasteiger partial charge on any atom is -0.484 e. The largest absolute Gasteiger partial charge is 0.484 e. The first-order valence-electron chi connectivity index (χ1n) is 11.4. The predicted molar refractivity (Wildman–Crippen MR) is 129 cm³/mol. The van der Waals surface area contributed by atoms with E-state index in [4.69, 9.17) is 4.74 Å². The van der Waals surface area contributed by atoms with E-state index in [0.717, 1.165) is 23.1 Å². The molecule has 1 heterocycles. The molecule has 4 rings (SSSR count). The Kier molecular flexibility index (Phi) is 6.78. The van der Waals surface area contributed by atoms with Crippen LogP contribution in [0.25, 0.3) is 0 Å². The molecule has 33 heavy (non-hydrogen) atoms. The molecular weight excluding hydrogens is 412 g/mol. The first-order chi connectivity index (χ1) is 16.0. The van der Waals surface area contributed by atoms with E-state index >= 15 is 0 Å². The molecule has 0 bridgehead atoms. The fraction of sp³-hybridized carbons (Fsp3) is 0.286. The van der Waals surface area contributed by atoms with Crippen molar-refractivity contribution in [1.29, 1.82) is 0 Å². The van der Waals surface area contributed by atoms with E-state index in [0.29, 0.717) is 24.4 Å². The first-order valence-corrected chi connectivity index (χ1v) is 11.4. The van der Waals surface area contributed by atoms with Crippen molar-refractivity contribution in [1.82, 2.24) is 9.80 Å². The van der Waals surface area contributed by atoms with Crippen LogP contribution in [0, 0.1) is 6.92 Å². The number of benzene rings is 3. The highest BCUT2D eigenvalue weighted by Crippen LogP contribution is 2.38. The quantitative estimate of drug-likeness (QED) is 0.559. The lowest BCUT2D eigenvalue weighted by molar-refractivity contribution is -0.131. The molecule has 0 saturated carbocycles. The molecule has 0 aliphatic carbocycles. The number of hydrogen-bond acceptors (Lipinski definition) is 3. The van der Waals surface area contributed by atoms with E-state index in [1.807, 2.05) is 60.4 Å². The van der Waals surface area contributed by atoms with Crippen LogP contribution in [-0.4, -0.2) is 48.4 Å². The minimum absolute atomic E-state index is 0.00903. The predicted octanol–water partition coefficient (Wildman–Crippen LogP) is 4.64. The number of fused-ring (bicyclic) bond motifs is 1. The Hall–Kier alpha value is -3.60. The second-order valence-electron chi connectivity index (χ2n) is 8.49. The number of aryl methyl sites for hydroxylation is 1. The van der Waals surface area contributed by atoms with Gasteiger partial charge in [0.05, 0.1) is 6.04 Å². The molecule has 1 atom stereocenters. The van der Waals surface area contributed by atoms with E-state index in [9.17, 15) is 9.59 Å². The molecule has 3 aromatic carbocycles. The Morgan fingerprint density at radius 1 is 1.03 bits per heavy atom. The van der Waals surface area contributed by atoms with Crippen LogP contribution >= 0.6 is 0 Å². The molecule has 5 nitrogen and oxygen atoms in total. The van der Waals surface area contributed by atoms with Crippen LogP contribution in [-0.2, 0) is 11.2 Å². The Morgan fingerprint density at radius 3 is 2.55 bits per heavy atom. The molecule has 5 heteroatoms. The van der Waals surface area contributed by atoms with Gasteiger partial charge in [0.1, 0.15) is 5.75 Å². The average Bonchev–Trinajstić information content (AvgIpc) is 2.85. The highest BCUT2D eigenvalue weighted by atomic mass is 16.5. The molecular formula is C28H30N2O3. The van der Waals surface area contributed by atoms with Gasteiger partial charge in [-0.2, -0.15) is 0 Å². The fourth-order valence-electron chi connectivity index (χ4n) is 4.28. The summed E-state index contributed by atoms with van der Waals surface area (Å²) in [5.74, 6) is 0.587. The van der Waals surface area contributed by atoms with Crippen LogP contribution in [0.4, 0.5) is 0 Å². The molecule has 0 unspecified atom stereocenters. The lowest BCUT2D eigenvalue weighted by Crippen LogP contribution is -2.40. The van der Waals surface area contributed by atoms with Gasteiger partial charge in [-0.15, -0.1) is 0 Å². The molecule has 0 saturated heterocycles. The molecule has 1 aliphatic heterocycles. The van der Waals surface area contributed by atoms with Crippen molar-refractivity contribution >= 4 is 11.8 Å². The number of ether oxygens (including phenoxy) is 1. The lowest BCUT2D eigenvalue weighted by atomic mass is 9.87. The summed E-state index contributed by atoms with van der Waals surface area (Å²) in [6.07, 6.45) is 0.772. The summed E-state index contributed by atoms with van der Waals surface area (Å²) in [5, 5.41) is 0. The number of rotatable bonds is 6. The topological polar surface area (TPSA) is 49.9 Å². The van der Waals surface area contributed by atoms with Crippen molar-refractivity contribution in [3.63, 3.8) is 0 Å². The molecule has 3 aromatic rings. The smallest absolute Gasteiger partial charge is 0.260 e. The van der Waals surface area contributed by atoms with Gasteiger partial charge >= 0.3 is 0 Å². The van der Waals surface area contributed by atoms with Crippen molar-refractivity contribution < 1.29 is 14.3 Å². The van der Waals surface area contributed by atoms with Crippen molar-refractivity contribution in [3.05, 3.63) is 101 Å². The molecule has 1 aliphatic rings. The number of nitrogens with zero attached hydrogens (tertiary/aromatic N) is 2. The third-order valence-electron chi connectivity index (χ3n) is 6.25. The van der Waals surface area contributed by atoms with Gasteiger partial charge in [-0.25, -0.2) is 0 Å². The van der Waals surface area contributed by atoms with Gasteiger partial charge in [-0.1, -0.05) is 54.1 Å². The van der Waals surface area contributed by atoms with Crippen LogP contribution in [0.3, 0.4) is 0 Å². The van der Waals surface area contributed by atoms with Crippen LogP contribution in [0.5, 0.6) is 5.75 Å². The van der Waals surface area contributed by atoms with Gasteiger partial charge in [0.2, 0.25) is 0 Å². The maximum atomic E-state index is 13.5. The standard InChI is InChI=1S/C28H30N2O3/c1-4-29(3)26(31)19-33-24-14-13-21-15-16-30(28(32)22-10-6-5-7-11-22)27(25(21)18-24)23-12-8-9-20(2)17-23/h5-14,17-18,27H,4,15-16,19H2,1-3H3/t27-/m0/s1. The van der Waals surface area contributed by atoms with Crippen molar-refractivity contribution in [2.45, 2.75) is 26.3 Å². The zero-order valence-electron chi connectivity index (χ0n) is 19.5. The van der Waals surface area contributed by atoms with Gasteiger partial charge in [0.25, 0.3) is 11.8 Å². The van der Waals surface area contributed by atoms with E-state index in [1.54, 1.807) is 11.9 Å². The molecule has 0 spiro atoms. The van der Waals surface area contributed by atoms with Crippen LogP contribution < -0.4 is 4.74 Å². The Bertz CT molecular complexity index is 1140. The zero-order chi connectivity index (χ0) is 23.4. The van der Waals surface area contributed by atoms with Crippen LogP contribution in [0.1, 0.15) is 45.6 Å². The summed E-state index contributed by atoms with van der Waals surface area (Å²) in [7, 11) is 1.76. The first kappa shape index (κ1) is 22.6. The zero-order valence-corrected chi connectivity index (χ0v) is 19.5. The second kappa shape index (κ2) is 9.90. The van der Waals surface area contributed by atoms with Gasteiger partial charge in [-0.3, -0.25) is 9.59 Å². The molecule has 0 fully saturated rings. The molecule has 170 valence electrons. The molecule has 0 aromatic heterocycles. The van der Waals surface area contributed by atoms with Crippen LogP contribution in [0.15, 0.2) is 72.8 Å². The SMILES string of the molecule is CCN(C)C(=O)COc1ccc2c(c1)[C@H](c1cccc(C)c1)N(C(=O)c1ccccc1)CC2. The Morgan fingerprint density at radius 2 is 1.82 bits per heavy atom. The molecule has 2 amide bonds. The summed E-state index contributed by atoms with van der Waals surface area (Å²) in [4.78, 5) is 29.3. The summed E-state index contributed by atoms with van der Waals surface area (Å²) in [6, 6.07) is 23.5. The minimum atomic E-state index is -0.223. The number of likely N-dealkylation sites (N-methyl/N-ethyl adjacent to an activating group) is 1. The summed E-state index contributed by atoms with van der Waals surface area (Å²) in [6.45, 7) is 5.26. The normalized spacial score (nSPS) is 15.0. The van der Waals surface area contributed by atoms with E-state index in [-0.39, 0.29) is 24.5 Å². The molecule has 0 radical (unpaired) electrons. The Labute approximate surface area is 195 Å². The van der Waals surface area contributed by atoms with Gasteiger partial charge < -0.3 is 14.5 Å². The summed E-state index contributed by atoms with van der Waals surface area (Å²) >= 11 is 0. The second-order valence-corrected chi connectivity index (χ2v) is 8.49. The maximum absolute atomic E-state index is 13.5.